The quantitative estimate of drug-likeness (QED) is 0.613. The predicted octanol–water partition coefficient (Wildman–Crippen LogP) is 5.51. The highest BCUT2D eigenvalue weighted by molar-refractivity contribution is 6.30. The Morgan fingerprint density at radius 3 is 3.06 bits per heavy atom. The molecule has 92 valence electrons. The van der Waals surface area contributed by atoms with Gasteiger partial charge in [0, 0.05) is 10.9 Å². The minimum absolute atomic E-state index is 0.392. The number of halogens is 1. The molecule has 2 aliphatic carbocycles. The zero-order chi connectivity index (χ0) is 12.7. The van der Waals surface area contributed by atoms with Crippen molar-refractivity contribution in [1.29, 1.82) is 0 Å². The normalized spacial score (nSPS) is 20.9. The van der Waals surface area contributed by atoms with Crippen molar-refractivity contribution >= 4 is 17.2 Å². The SMILES string of the molecule is C=C(CC)C1C2=C(C=CCC2)c2ccc(Cl)cc21. The van der Waals surface area contributed by atoms with Gasteiger partial charge in [0.25, 0.3) is 0 Å². The van der Waals surface area contributed by atoms with Gasteiger partial charge < -0.3 is 0 Å². The molecule has 1 heteroatoms. The molecule has 1 aromatic carbocycles. The van der Waals surface area contributed by atoms with Gasteiger partial charge in [0.2, 0.25) is 0 Å². The molecule has 1 atom stereocenters. The first kappa shape index (κ1) is 11.8. The zero-order valence-corrected chi connectivity index (χ0v) is 11.4. The Hall–Kier alpha value is -1.27. The summed E-state index contributed by atoms with van der Waals surface area (Å²) in [6, 6.07) is 6.27. The summed E-state index contributed by atoms with van der Waals surface area (Å²) < 4.78 is 0. The maximum Gasteiger partial charge on any atom is 0.0409 e. The van der Waals surface area contributed by atoms with Gasteiger partial charge in [0.1, 0.15) is 0 Å². The molecule has 0 fully saturated rings. The van der Waals surface area contributed by atoms with Crippen molar-refractivity contribution in [2.45, 2.75) is 32.1 Å². The minimum atomic E-state index is 0.392. The fraction of sp³-hybridized carbons (Fsp3) is 0.294. The number of fused-ring (bicyclic) bond motifs is 2. The summed E-state index contributed by atoms with van der Waals surface area (Å²) in [6.45, 7) is 6.46. The number of allylic oxidation sites excluding steroid dienone is 5. The highest BCUT2D eigenvalue weighted by Gasteiger charge is 2.31. The van der Waals surface area contributed by atoms with Crippen LogP contribution in [0.1, 0.15) is 43.2 Å². The van der Waals surface area contributed by atoms with E-state index >= 15 is 0 Å². The van der Waals surface area contributed by atoms with Crippen LogP contribution in [0.3, 0.4) is 0 Å². The Balaban J connectivity index is 2.19. The van der Waals surface area contributed by atoms with E-state index in [4.69, 9.17) is 11.6 Å². The Kier molecular flexibility index (Phi) is 2.91. The monoisotopic (exact) mass is 256 g/mol. The van der Waals surface area contributed by atoms with E-state index in [-0.39, 0.29) is 0 Å². The molecular formula is C17H17Cl. The van der Waals surface area contributed by atoms with E-state index in [2.05, 4.69) is 37.8 Å². The van der Waals surface area contributed by atoms with Crippen LogP contribution in [0, 0.1) is 0 Å². The molecule has 0 N–H and O–H groups in total. The zero-order valence-electron chi connectivity index (χ0n) is 10.7. The minimum Gasteiger partial charge on any atom is -0.0989 e. The van der Waals surface area contributed by atoms with Gasteiger partial charge in [-0.15, -0.1) is 0 Å². The Labute approximate surface area is 114 Å². The van der Waals surface area contributed by atoms with Crippen LogP contribution in [0.5, 0.6) is 0 Å². The number of hydrogen-bond acceptors (Lipinski definition) is 0. The molecule has 1 aromatic rings. The van der Waals surface area contributed by atoms with Crippen LogP contribution < -0.4 is 0 Å². The molecule has 0 amide bonds. The lowest BCUT2D eigenvalue weighted by Gasteiger charge is -2.19. The van der Waals surface area contributed by atoms with E-state index in [1.165, 1.54) is 22.3 Å². The standard InChI is InChI=1S/C17H17Cl/c1-3-11(2)17-15-7-5-4-6-13(15)14-9-8-12(18)10-16(14)17/h4,6,8-10,17H,2-3,5,7H2,1H3. The van der Waals surface area contributed by atoms with Gasteiger partial charge in [-0.1, -0.05) is 54.5 Å². The molecule has 0 radical (unpaired) electrons. The lowest BCUT2D eigenvalue weighted by molar-refractivity contribution is 0.814. The lowest BCUT2D eigenvalue weighted by atomic mass is 9.85. The topological polar surface area (TPSA) is 0 Å². The lowest BCUT2D eigenvalue weighted by Crippen LogP contribution is -2.02. The van der Waals surface area contributed by atoms with Crippen molar-refractivity contribution in [3.63, 3.8) is 0 Å². The van der Waals surface area contributed by atoms with E-state index in [0.717, 1.165) is 24.3 Å². The first-order chi connectivity index (χ1) is 8.72. The molecule has 0 aliphatic heterocycles. The van der Waals surface area contributed by atoms with Crippen molar-refractivity contribution in [1.82, 2.24) is 0 Å². The Morgan fingerprint density at radius 2 is 2.28 bits per heavy atom. The molecular weight excluding hydrogens is 240 g/mol. The van der Waals surface area contributed by atoms with Gasteiger partial charge in [0.05, 0.1) is 0 Å². The van der Waals surface area contributed by atoms with Gasteiger partial charge in [-0.3, -0.25) is 0 Å². The van der Waals surface area contributed by atoms with Crippen molar-refractivity contribution < 1.29 is 0 Å². The van der Waals surface area contributed by atoms with Gasteiger partial charge in [0.15, 0.2) is 0 Å². The molecule has 0 heterocycles. The van der Waals surface area contributed by atoms with Gasteiger partial charge in [-0.2, -0.15) is 0 Å². The summed E-state index contributed by atoms with van der Waals surface area (Å²) in [4.78, 5) is 0. The summed E-state index contributed by atoms with van der Waals surface area (Å²) >= 11 is 6.17. The van der Waals surface area contributed by atoms with Crippen molar-refractivity contribution in [2.75, 3.05) is 0 Å². The highest BCUT2D eigenvalue weighted by atomic mass is 35.5. The second-order valence-corrected chi connectivity index (χ2v) is 5.49. The second-order valence-electron chi connectivity index (χ2n) is 5.06. The van der Waals surface area contributed by atoms with Crippen molar-refractivity contribution in [3.8, 4) is 0 Å². The summed E-state index contributed by atoms with van der Waals surface area (Å²) in [5.74, 6) is 0.392. The van der Waals surface area contributed by atoms with Gasteiger partial charge in [-0.05, 0) is 48.1 Å². The van der Waals surface area contributed by atoms with Crippen LogP contribution in [0.15, 0.2) is 48.1 Å². The van der Waals surface area contributed by atoms with Crippen molar-refractivity contribution in [2.24, 2.45) is 0 Å². The average Bonchev–Trinajstić information content (AvgIpc) is 2.71. The molecule has 0 saturated carbocycles. The summed E-state index contributed by atoms with van der Waals surface area (Å²) in [5.41, 5.74) is 6.96. The third kappa shape index (κ3) is 1.67. The fourth-order valence-corrected chi connectivity index (χ4v) is 3.30. The van der Waals surface area contributed by atoms with E-state index in [9.17, 15) is 0 Å². The number of hydrogen-bond donors (Lipinski definition) is 0. The van der Waals surface area contributed by atoms with Crippen LogP contribution in [-0.2, 0) is 0 Å². The van der Waals surface area contributed by atoms with E-state index < -0.39 is 0 Å². The molecule has 0 nitrogen and oxygen atoms in total. The van der Waals surface area contributed by atoms with Crippen LogP contribution in [0.2, 0.25) is 5.02 Å². The number of rotatable bonds is 2. The summed E-state index contributed by atoms with van der Waals surface area (Å²) in [5, 5.41) is 0.825. The average molecular weight is 257 g/mol. The van der Waals surface area contributed by atoms with Gasteiger partial charge >= 0.3 is 0 Å². The third-order valence-corrected chi connectivity index (χ3v) is 4.27. The molecule has 3 rings (SSSR count). The summed E-state index contributed by atoms with van der Waals surface area (Å²) in [7, 11) is 0. The second kappa shape index (κ2) is 4.44. The van der Waals surface area contributed by atoms with E-state index in [1.807, 2.05) is 6.07 Å². The molecule has 0 aromatic heterocycles. The first-order valence-corrected chi connectivity index (χ1v) is 6.97. The number of benzene rings is 1. The van der Waals surface area contributed by atoms with Crippen molar-refractivity contribution in [3.05, 3.63) is 64.2 Å². The molecule has 1 unspecified atom stereocenters. The molecule has 0 spiro atoms. The third-order valence-electron chi connectivity index (χ3n) is 4.04. The molecule has 18 heavy (non-hydrogen) atoms. The van der Waals surface area contributed by atoms with E-state index in [0.29, 0.717) is 5.92 Å². The smallest absolute Gasteiger partial charge is 0.0409 e. The Morgan fingerprint density at radius 1 is 1.44 bits per heavy atom. The van der Waals surface area contributed by atoms with Crippen LogP contribution in [-0.4, -0.2) is 0 Å². The molecule has 0 saturated heterocycles. The van der Waals surface area contributed by atoms with Crippen LogP contribution in [0.25, 0.3) is 5.57 Å². The van der Waals surface area contributed by atoms with Crippen LogP contribution >= 0.6 is 11.6 Å². The Bertz CT molecular complexity index is 575. The summed E-state index contributed by atoms with van der Waals surface area (Å²) in [6.07, 6.45) is 7.87. The largest absolute Gasteiger partial charge is 0.0989 e. The predicted molar refractivity (Wildman–Crippen MR) is 78.9 cm³/mol. The van der Waals surface area contributed by atoms with Crippen LogP contribution in [0.4, 0.5) is 0 Å². The fourth-order valence-electron chi connectivity index (χ4n) is 3.12. The maximum absolute atomic E-state index is 6.17. The molecule has 2 aliphatic rings. The van der Waals surface area contributed by atoms with Gasteiger partial charge in [-0.25, -0.2) is 0 Å². The highest BCUT2D eigenvalue weighted by Crippen LogP contribution is 2.50. The first-order valence-electron chi connectivity index (χ1n) is 6.59. The maximum atomic E-state index is 6.17. The molecule has 0 bridgehead atoms. The van der Waals surface area contributed by atoms with E-state index in [1.54, 1.807) is 5.57 Å².